The number of aliphatic hydroxyl groups is 1. The summed E-state index contributed by atoms with van der Waals surface area (Å²) in [5.41, 5.74) is 0.0323. The Balaban J connectivity index is 1.98. The van der Waals surface area contributed by atoms with Crippen molar-refractivity contribution in [1.29, 1.82) is 0 Å². The van der Waals surface area contributed by atoms with Gasteiger partial charge in [-0.3, -0.25) is 4.79 Å². The van der Waals surface area contributed by atoms with E-state index < -0.39 is 6.10 Å². The smallest absolute Gasteiger partial charge is 0.273 e. The molecule has 1 atom stereocenters. The van der Waals surface area contributed by atoms with Gasteiger partial charge in [0, 0.05) is 12.6 Å². The number of amides is 1. The number of rotatable bonds is 6. The van der Waals surface area contributed by atoms with Gasteiger partial charge in [0.1, 0.15) is 0 Å². The maximum absolute atomic E-state index is 12.1. The topological polar surface area (TPSA) is 75.4 Å². The zero-order valence-corrected chi connectivity index (χ0v) is 14.3. The van der Waals surface area contributed by atoms with Gasteiger partial charge in [-0.25, -0.2) is 0 Å². The van der Waals surface area contributed by atoms with E-state index in [2.05, 4.69) is 10.5 Å². The number of aromatic nitrogens is 1. The molecule has 1 unspecified atom stereocenters. The predicted molar refractivity (Wildman–Crippen MR) is 87.2 cm³/mol. The summed E-state index contributed by atoms with van der Waals surface area (Å²) < 4.78 is 5.83. The van der Waals surface area contributed by atoms with Crippen molar-refractivity contribution in [3.05, 3.63) is 28.2 Å². The molecule has 2 aromatic heterocycles. The van der Waals surface area contributed by atoms with Crippen LogP contribution in [0.15, 0.2) is 22.7 Å². The third-order valence-corrected chi connectivity index (χ3v) is 4.38. The molecule has 0 saturated heterocycles. The summed E-state index contributed by atoms with van der Waals surface area (Å²) in [6, 6.07) is 5.18. The van der Waals surface area contributed by atoms with Crippen molar-refractivity contribution in [3.8, 4) is 10.6 Å². The number of halogens is 1. The summed E-state index contributed by atoms with van der Waals surface area (Å²) in [5, 5.41) is 16.1. The van der Waals surface area contributed by atoms with Gasteiger partial charge in [-0.2, -0.15) is 0 Å². The summed E-state index contributed by atoms with van der Waals surface area (Å²) in [6.45, 7) is 6.16. The number of nitrogens with one attached hydrogen (secondary N) is 1. The molecular weight excluding hydrogens is 324 g/mol. The molecule has 0 saturated carbocycles. The van der Waals surface area contributed by atoms with Crippen LogP contribution < -0.4 is 5.32 Å². The highest BCUT2D eigenvalue weighted by Gasteiger charge is 2.22. The zero-order chi connectivity index (χ0) is 16.3. The van der Waals surface area contributed by atoms with Gasteiger partial charge in [0.2, 0.25) is 0 Å². The summed E-state index contributed by atoms with van der Waals surface area (Å²) in [7, 11) is 0. The lowest BCUT2D eigenvalue weighted by Crippen LogP contribution is -2.35. The van der Waals surface area contributed by atoms with Gasteiger partial charge in [-0.1, -0.05) is 30.6 Å². The number of aliphatic hydroxyl groups excluding tert-OH is 1. The Kier molecular flexibility index (Phi) is 5.26. The van der Waals surface area contributed by atoms with Gasteiger partial charge in [-0.15, -0.1) is 11.3 Å². The van der Waals surface area contributed by atoms with E-state index in [1.165, 1.54) is 11.3 Å². The molecule has 2 heterocycles. The van der Waals surface area contributed by atoms with Gasteiger partial charge >= 0.3 is 0 Å². The Bertz CT molecular complexity index is 649. The Labute approximate surface area is 138 Å². The lowest BCUT2D eigenvalue weighted by atomic mass is 9.87. The van der Waals surface area contributed by atoms with Crippen molar-refractivity contribution >= 4 is 28.8 Å². The van der Waals surface area contributed by atoms with Crippen molar-refractivity contribution in [2.45, 2.75) is 33.3 Å². The molecule has 0 fully saturated rings. The summed E-state index contributed by atoms with van der Waals surface area (Å²) >= 11 is 7.24. The highest BCUT2D eigenvalue weighted by molar-refractivity contribution is 7.19. The first-order chi connectivity index (χ1) is 10.3. The molecule has 0 aliphatic rings. The third kappa shape index (κ3) is 4.56. The van der Waals surface area contributed by atoms with E-state index in [4.69, 9.17) is 16.1 Å². The van der Waals surface area contributed by atoms with Gasteiger partial charge in [-0.05, 0) is 30.9 Å². The number of carbonyl (C=O) groups excluding carboxylic acids is 1. The number of carbonyl (C=O) groups is 1. The van der Waals surface area contributed by atoms with E-state index in [0.29, 0.717) is 23.1 Å². The van der Waals surface area contributed by atoms with Crippen LogP contribution in [0.25, 0.3) is 10.6 Å². The molecule has 22 heavy (non-hydrogen) atoms. The SMILES string of the molecule is CC(O)CC(C)(C)CNC(=O)c1cc(-c2ccc(Cl)s2)on1. The van der Waals surface area contributed by atoms with Crippen LogP contribution in [0.2, 0.25) is 4.34 Å². The highest BCUT2D eigenvalue weighted by Crippen LogP contribution is 2.31. The van der Waals surface area contributed by atoms with E-state index in [1.54, 1.807) is 19.1 Å². The van der Waals surface area contributed by atoms with E-state index in [1.807, 2.05) is 19.9 Å². The normalized spacial score (nSPS) is 13.1. The van der Waals surface area contributed by atoms with Crippen LogP contribution in [0.1, 0.15) is 37.7 Å². The van der Waals surface area contributed by atoms with E-state index in [9.17, 15) is 9.90 Å². The highest BCUT2D eigenvalue weighted by atomic mass is 35.5. The second-order valence-corrected chi connectivity index (χ2v) is 7.80. The molecule has 0 aromatic carbocycles. The fourth-order valence-corrected chi connectivity index (χ4v) is 3.22. The zero-order valence-electron chi connectivity index (χ0n) is 12.7. The van der Waals surface area contributed by atoms with E-state index in [0.717, 1.165) is 4.88 Å². The molecule has 0 radical (unpaired) electrons. The molecule has 1 amide bonds. The van der Waals surface area contributed by atoms with Crippen molar-refractivity contribution in [2.75, 3.05) is 6.54 Å². The molecule has 120 valence electrons. The van der Waals surface area contributed by atoms with Crippen molar-refractivity contribution in [3.63, 3.8) is 0 Å². The monoisotopic (exact) mass is 342 g/mol. The average molecular weight is 343 g/mol. The lowest BCUT2D eigenvalue weighted by molar-refractivity contribution is 0.0893. The predicted octanol–water partition coefficient (Wildman–Crippen LogP) is 3.58. The van der Waals surface area contributed by atoms with Crippen LogP contribution in [0, 0.1) is 5.41 Å². The minimum Gasteiger partial charge on any atom is -0.393 e. The maximum atomic E-state index is 12.1. The Morgan fingerprint density at radius 3 is 2.86 bits per heavy atom. The second kappa shape index (κ2) is 6.81. The Hall–Kier alpha value is -1.37. The van der Waals surface area contributed by atoms with Gasteiger partial charge in [0.05, 0.1) is 15.3 Å². The number of nitrogens with zero attached hydrogens (tertiary/aromatic N) is 1. The minimum atomic E-state index is -0.408. The minimum absolute atomic E-state index is 0.197. The van der Waals surface area contributed by atoms with Crippen LogP contribution in [0.4, 0.5) is 0 Å². The standard InChI is InChI=1S/C15H19ClN2O3S/c1-9(19)7-15(2,3)8-17-14(20)10-6-11(21-18-10)12-4-5-13(16)22-12/h4-6,9,19H,7-8H2,1-3H3,(H,17,20). The van der Waals surface area contributed by atoms with E-state index in [-0.39, 0.29) is 17.0 Å². The summed E-state index contributed by atoms with van der Waals surface area (Å²) in [5.74, 6) is 0.224. The molecule has 5 nitrogen and oxygen atoms in total. The molecule has 2 rings (SSSR count). The quantitative estimate of drug-likeness (QED) is 0.841. The second-order valence-electron chi connectivity index (χ2n) is 6.08. The number of hydrogen-bond donors (Lipinski definition) is 2. The van der Waals surface area contributed by atoms with Crippen molar-refractivity contribution < 1.29 is 14.4 Å². The van der Waals surface area contributed by atoms with Crippen LogP contribution in [0.5, 0.6) is 0 Å². The molecule has 2 aromatic rings. The first kappa shape index (κ1) is 17.0. The van der Waals surface area contributed by atoms with Crippen molar-refractivity contribution in [1.82, 2.24) is 10.5 Å². The molecule has 2 N–H and O–H groups in total. The molecule has 0 aliphatic heterocycles. The van der Waals surface area contributed by atoms with Crippen LogP contribution in [-0.2, 0) is 0 Å². The summed E-state index contributed by atoms with van der Waals surface area (Å²) in [4.78, 5) is 12.9. The first-order valence-corrected chi connectivity index (χ1v) is 8.15. The molecule has 0 bridgehead atoms. The summed E-state index contributed by atoms with van der Waals surface area (Å²) in [6.07, 6.45) is 0.194. The Morgan fingerprint density at radius 2 is 2.27 bits per heavy atom. The first-order valence-electron chi connectivity index (χ1n) is 6.95. The lowest BCUT2D eigenvalue weighted by Gasteiger charge is -2.26. The van der Waals surface area contributed by atoms with Crippen LogP contribution >= 0.6 is 22.9 Å². The average Bonchev–Trinajstić information content (AvgIpc) is 3.03. The van der Waals surface area contributed by atoms with Crippen molar-refractivity contribution in [2.24, 2.45) is 5.41 Å². The van der Waals surface area contributed by atoms with Crippen LogP contribution in [0.3, 0.4) is 0 Å². The molecular formula is C15H19ClN2O3S. The van der Waals surface area contributed by atoms with Gasteiger partial charge in [0.25, 0.3) is 5.91 Å². The van der Waals surface area contributed by atoms with E-state index >= 15 is 0 Å². The number of thiophene rings is 1. The molecule has 0 spiro atoms. The fraction of sp³-hybridized carbons (Fsp3) is 0.467. The largest absolute Gasteiger partial charge is 0.393 e. The maximum Gasteiger partial charge on any atom is 0.273 e. The molecule has 7 heteroatoms. The van der Waals surface area contributed by atoms with Crippen LogP contribution in [-0.4, -0.2) is 28.8 Å². The Morgan fingerprint density at radius 1 is 1.55 bits per heavy atom. The molecule has 0 aliphatic carbocycles. The van der Waals surface area contributed by atoms with Gasteiger partial charge in [0.15, 0.2) is 11.5 Å². The number of hydrogen-bond acceptors (Lipinski definition) is 5. The fourth-order valence-electron chi connectivity index (χ4n) is 2.23. The van der Waals surface area contributed by atoms with Gasteiger partial charge < -0.3 is 14.9 Å². The third-order valence-electron chi connectivity index (χ3n) is 3.13.